The van der Waals surface area contributed by atoms with E-state index in [0.29, 0.717) is 6.29 Å². The van der Waals surface area contributed by atoms with Crippen LogP contribution in [0.2, 0.25) is 0 Å². The Morgan fingerprint density at radius 3 is 2.13 bits per heavy atom. The summed E-state index contributed by atoms with van der Waals surface area (Å²) >= 11 is 0. The van der Waals surface area contributed by atoms with E-state index in [2.05, 4.69) is 0 Å². The van der Waals surface area contributed by atoms with Crippen LogP contribution in [0.25, 0.3) is 10.8 Å². The minimum atomic E-state index is -0.487. The summed E-state index contributed by atoms with van der Waals surface area (Å²) in [6.45, 7) is 1.28. The highest BCUT2D eigenvalue weighted by molar-refractivity contribution is 6.09. The summed E-state index contributed by atoms with van der Waals surface area (Å²) in [6, 6.07) is 1.32. The predicted molar refractivity (Wildman–Crippen MR) is 81.8 cm³/mol. The Kier molecular flexibility index (Phi) is 4.31. The largest absolute Gasteiger partial charge is 0.507 e. The summed E-state index contributed by atoms with van der Waals surface area (Å²) in [5.74, 6) is -1.62. The van der Waals surface area contributed by atoms with E-state index in [9.17, 15) is 24.9 Å². The number of fused-ring (bicyclic) bond motifs is 1. The fraction of sp³-hybridized carbons (Fsp3) is 0.250. The van der Waals surface area contributed by atoms with Crippen molar-refractivity contribution in [1.82, 2.24) is 0 Å². The molecule has 23 heavy (non-hydrogen) atoms. The lowest BCUT2D eigenvalue weighted by molar-refractivity contribution is -0.116. The fourth-order valence-electron chi connectivity index (χ4n) is 2.52. The molecule has 7 heteroatoms. The second-order valence-corrected chi connectivity index (χ2v) is 4.97. The van der Waals surface area contributed by atoms with Crippen molar-refractivity contribution in [2.75, 3.05) is 14.2 Å². The molecule has 0 bridgehead atoms. The molecule has 0 radical (unpaired) electrons. The molecule has 0 aliphatic carbocycles. The number of aldehydes is 1. The quantitative estimate of drug-likeness (QED) is 0.569. The average Bonchev–Trinajstić information content (AvgIpc) is 2.51. The van der Waals surface area contributed by atoms with Crippen LogP contribution in [0.15, 0.2) is 6.07 Å². The van der Waals surface area contributed by atoms with Gasteiger partial charge in [0.2, 0.25) is 0 Å². The molecule has 0 aliphatic heterocycles. The first-order valence-corrected chi connectivity index (χ1v) is 6.66. The molecule has 2 rings (SSSR count). The Morgan fingerprint density at radius 1 is 1.04 bits per heavy atom. The molecule has 0 atom stereocenters. The number of phenols is 3. The van der Waals surface area contributed by atoms with Gasteiger partial charge in [-0.2, -0.15) is 0 Å². The Hall–Kier alpha value is -2.96. The maximum atomic E-state index is 11.4. The molecule has 7 nitrogen and oxygen atoms in total. The van der Waals surface area contributed by atoms with E-state index in [1.54, 1.807) is 0 Å². The summed E-state index contributed by atoms with van der Waals surface area (Å²) in [5.41, 5.74) is -0.295. The van der Waals surface area contributed by atoms with Gasteiger partial charge < -0.3 is 24.8 Å². The van der Waals surface area contributed by atoms with Gasteiger partial charge in [-0.05, 0) is 6.92 Å². The highest BCUT2D eigenvalue weighted by atomic mass is 16.5. The van der Waals surface area contributed by atoms with E-state index >= 15 is 0 Å². The van der Waals surface area contributed by atoms with Crippen LogP contribution in [0.5, 0.6) is 28.7 Å². The normalized spacial score (nSPS) is 10.6. The van der Waals surface area contributed by atoms with Gasteiger partial charge in [-0.1, -0.05) is 0 Å². The van der Waals surface area contributed by atoms with Crippen molar-refractivity contribution >= 4 is 22.8 Å². The predicted octanol–water partition coefficient (Wildman–Crippen LogP) is 1.92. The standard InChI is InChI=1S/C16H16O7/c1-7(18)4-8-9(6-17)15(20)12-10(22-2)5-11(23-3)16(21)13(12)14(8)19/h5-6,19-21H,4H2,1-3H3. The first-order valence-electron chi connectivity index (χ1n) is 6.66. The maximum absolute atomic E-state index is 11.4. The number of hydrogen-bond donors (Lipinski definition) is 3. The number of benzene rings is 2. The van der Waals surface area contributed by atoms with Crippen LogP contribution in [0, 0.1) is 0 Å². The summed E-state index contributed by atoms with van der Waals surface area (Å²) in [5, 5.41) is 30.9. The van der Waals surface area contributed by atoms with Crippen molar-refractivity contribution in [2.45, 2.75) is 13.3 Å². The van der Waals surface area contributed by atoms with Crippen molar-refractivity contribution in [3.8, 4) is 28.7 Å². The molecular formula is C16H16O7. The minimum absolute atomic E-state index is 0.0108. The lowest BCUT2D eigenvalue weighted by Crippen LogP contribution is -2.03. The zero-order valence-corrected chi connectivity index (χ0v) is 12.8. The number of rotatable bonds is 5. The van der Waals surface area contributed by atoms with Gasteiger partial charge in [0, 0.05) is 18.1 Å². The van der Waals surface area contributed by atoms with Gasteiger partial charge in [-0.15, -0.1) is 0 Å². The molecule has 0 fully saturated rings. The van der Waals surface area contributed by atoms with Gasteiger partial charge >= 0.3 is 0 Å². The van der Waals surface area contributed by atoms with Gasteiger partial charge in [0.25, 0.3) is 0 Å². The highest BCUT2D eigenvalue weighted by Gasteiger charge is 2.26. The molecular weight excluding hydrogens is 304 g/mol. The molecule has 2 aromatic carbocycles. The third-order valence-electron chi connectivity index (χ3n) is 3.55. The van der Waals surface area contributed by atoms with E-state index in [0.717, 1.165) is 0 Å². The smallest absolute Gasteiger partial charge is 0.169 e. The first kappa shape index (κ1) is 16.4. The van der Waals surface area contributed by atoms with Gasteiger partial charge in [0.05, 0.1) is 30.6 Å². The third-order valence-corrected chi connectivity index (χ3v) is 3.55. The summed E-state index contributed by atoms with van der Waals surface area (Å²) < 4.78 is 10.1. The average molecular weight is 320 g/mol. The lowest BCUT2D eigenvalue weighted by atomic mass is 9.94. The van der Waals surface area contributed by atoms with E-state index in [-0.39, 0.29) is 45.6 Å². The van der Waals surface area contributed by atoms with Crippen LogP contribution in [0.4, 0.5) is 0 Å². The molecule has 0 saturated heterocycles. The van der Waals surface area contributed by atoms with Crippen LogP contribution in [0.1, 0.15) is 22.8 Å². The maximum Gasteiger partial charge on any atom is 0.169 e. The zero-order chi connectivity index (χ0) is 17.3. The Labute approximate surface area is 131 Å². The van der Waals surface area contributed by atoms with Gasteiger partial charge in [-0.3, -0.25) is 9.59 Å². The molecule has 0 saturated carbocycles. The summed E-state index contributed by atoms with van der Waals surface area (Å²) in [6.07, 6.45) is 0.0653. The number of Topliss-reactive ketones (excluding diaryl/α,β-unsaturated/α-hetero) is 1. The summed E-state index contributed by atoms with van der Waals surface area (Å²) in [7, 11) is 2.64. The van der Waals surface area contributed by atoms with E-state index in [1.165, 1.54) is 27.2 Å². The fourth-order valence-corrected chi connectivity index (χ4v) is 2.52. The highest BCUT2D eigenvalue weighted by Crippen LogP contribution is 2.50. The van der Waals surface area contributed by atoms with Gasteiger partial charge in [-0.25, -0.2) is 0 Å². The molecule has 0 unspecified atom stereocenters. The zero-order valence-electron chi connectivity index (χ0n) is 12.8. The van der Waals surface area contributed by atoms with Crippen LogP contribution >= 0.6 is 0 Å². The van der Waals surface area contributed by atoms with Crippen molar-refractivity contribution in [1.29, 1.82) is 0 Å². The Bertz CT molecular complexity index is 808. The second-order valence-electron chi connectivity index (χ2n) is 4.97. The number of aromatic hydroxyl groups is 3. The van der Waals surface area contributed by atoms with E-state index in [4.69, 9.17) is 9.47 Å². The topological polar surface area (TPSA) is 113 Å². The molecule has 0 amide bonds. The van der Waals surface area contributed by atoms with E-state index < -0.39 is 17.2 Å². The molecule has 0 heterocycles. The molecule has 122 valence electrons. The van der Waals surface area contributed by atoms with E-state index in [1.807, 2.05) is 0 Å². The second kappa shape index (κ2) is 6.04. The molecule has 2 aromatic rings. The van der Waals surface area contributed by atoms with Crippen molar-refractivity contribution in [3.63, 3.8) is 0 Å². The molecule has 0 aromatic heterocycles. The first-order chi connectivity index (χ1) is 10.9. The van der Waals surface area contributed by atoms with Crippen LogP contribution in [0.3, 0.4) is 0 Å². The number of carbonyl (C=O) groups is 2. The number of ether oxygens (including phenoxy) is 2. The summed E-state index contributed by atoms with van der Waals surface area (Å²) in [4.78, 5) is 22.7. The third kappa shape index (κ3) is 2.50. The SMILES string of the molecule is COc1cc(OC)c2c(O)c(C=O)c(CC(C)=O)c(O)c2c1O. The van der Waals surface area contributed by atoms with Crippen LogP contribution in [-0.2, 0) is 11.2 Å². The van der Waals surface area contributed by atoms with Gasteiger partial charge in [0.15, 0.2) is 17.8 Å². The Morgan fingerprint density at radius 2 is 1.65 bits per heavy atom. The monoisotopic (exact) mass is 320 g/mol. The Balaban J connectivity index is 3.07. The number of methoxy groups -OCH3 is 2. The number of hydrogen-bond acceptors (Lipinski definition) is 7. The molecule has 3 N–H and O–H groups in total. The van der Waals surface area contributed by atoms with Crippen LogP contribution < -0.4 is 9.47 Å². The number of phenolic OH excluding ortho intramolecular Hbond substituents is 3. The van der Waals surface area contributed by atoms with Crippen LogP contribution in [-0.4, -0.2) is 41.6 Å². The van der Waals surface area contributed by atoms with Crippen molar-refractivity contribution in [2.24, 2.45) is 0 Å². The number of ketones is 1. The molecule has 0 aliphatic rings. The lowest BCUT2D eigenvalue weighted by Gasteiger charge is -2.17. The van der Waals surface area contributed by atoms with Crippen molar-refractivity contribution < 1.29 is 34.4 Å². The van der Waals surface area contributed by atoms with Gasteiger partial charge in [0.1, 0.15) is 23.0 Å². The molecule has 0 spiro atoms. The number of carbonyl (C=O) groups excluding carboxylic acids is 2. The van der Waals surface area contributed by atoms with Crippen molar-refractivity contribution in [3.05, 3.63) is 17.2 Å². The minimum Gasteiger partial charge on any atom is -0.507 e.